The molecular formula is C15H42N2O2Si4. The number of nitrogens with one attached hydrogen (secondary N) is 1. The third-order valence-electron chi connectivity index (χ3n) is 3.58. The lowest BCUT2D eigenvalue weighted by Crippen LogP contribution is -2.51. The van der Waals surface area contributed by atoms with Crippen LogP contribution in [-0.4, -0.2) is 58.5 Å². The first-order valence-electron chi connectivity index (χ1n) is 8.87. The molecule has 1 atom stereocenters. The van der Waals surface area contributed by atoms with Crippen LogP contribution in [0.4, 0.5) is 0 Å². The van der Waals surface area contributed by atoms with Crippen molar-refractivity contribution >= 4 is 32.8 Å². The molecule has 0 spiro atoms. The van der Waals surface area contributed by atoms with Crippen molar-refractivity contribution in [3.63, 3.8) is 0 Å². The molecular weight excluding hydrogens is 353 g/mol. The van der Waals surface area contributed by atoms with Gasteiger partial charge in [-0.3, -0.25) is 0 Å². The second kappa shape index (κ2) is 9.42. The normalized spacial score (nSPS) is 16.4. The summed E-state index contributed by atoms with van der Waals surface area (Å²) >= 11 is 0. The standard InChI is InChI=1S/C15H42N2O2Si4/c1-20(2,3)14-19-23(9,13-17-12-16)11-10-18-22(7,8)15-21(4,5)6/h17H,10-16H2,1-9H3. The van der Waals surface area contributed by atoms with Gasteiger partial charge in [-0.25, -0.2) is 0 Å². The second-order valence-corrected chi connectivity index (χ2v) is 29.8. The highest BCUT2D eigenvalue weighted by Gasteiger charge is 2.34. The predicted octanol–water partition coefficient (Wildman–Crippen LogP) is 3.60. The number of hydrogen-bond donors (Lipinski definition) is 2. The molecule has 4 nitrogen and oxygen atoms in total. The molecule has 0 amide bonds. The van der Waals surface area contributed by atoms with E-state index in [0.29, 0.717) is 6.67 Å². The third kappa shape index (κ3) is 13.7. The van der Waals surface area contributed by atoms with Crippen molar-refractivity contribution in [3.05, 3.63) is 0 Å². The van der Waals surface area contributed by atoms with Crippen molar-refractivity contribution in [2.24, 2.45) is 5.73 Å². The summed E-state index contributed by atoms with van der Waals surface area (Å²) in [5.41, 5.74) is 6.96. The van der Waals surface area contributed by atoms with Crippen molar-refractivity contribution in [2.45, 2.75) is 70.6 Å². The largest absolute Gasteiger partial charge is 0.419 e. The van der Waals surface area contributed by atoms with E-state index in [1.165, 1.54) is 5.67 Å². The van der Waals surface area contributed by atoms with Gasteiger partial charge in [0.25, 0.3) is 0 Å². The molecule has 0 aliphatic heterocycles. The fourth-order valence-electron chi connectivity index (χ4n) is 2.81. The Morgan fingerprint density at radius 1 is 0.826 bits per heavy atom. The Labute approximate surface area is 149 Å². The molecule has 0 aromatic carbocycles. The monoisotopic (exact) mass is 394 g/mol. The van der Waals surface area contributed by atoms with E-state index < -0.39 is 32.8 Å². The van der Waals surface area contributed by atoms with Crippen LogP contribution < -0.4 is 11.1 Å². The second-order valence-electron chi connectivity index (χ2n) is 10.0. The maximum atomic E-state index is 6.44. The molecule has 0 bridgehead atoms. The van der Waals surface area contributed by atoms with Crippen molar-refractivity contribution in [1.29, 1.82) is 0 Å². The van der Waals surface area contributed by atoms with E-state index in [1.54, 1.807) is 0 Å². The fourth-order valence-corrected chi connectivity index (χ4v) is 19.1. The highest BCUT2D eigenvalue weighted by atomic mass is 28.4. The Morgan fingerprint density at radius 3 is 1.83 bits per heavy atom. The average Bonchev–Trinajstić information content (AvgIpc) is 2.30. The highest BCUT2D eigenvalue weighted by Crippen LogP contribution is 2.22. The molecule has 0 heterocycles. The summed E-state index contributed by atoms with van der Waals surface area (Å²) in [5, 5.41) is 3.30. The molecule has 0 saturated heterocycles. The van der Waals surface area contributed by atoms with Crippen LogP contribution >= 0.6 is 0 Å². The Kier molecular flexibility index (Phi) is 9.71. The van der Waals surface area contributed by atoms with E-state index in [-0.39, 0.29) is 0 Å². The number of nitrogens with two attached hydrogens (primary N) is 1. The molecule has 0 aliphatic carbocycles. The van der Waals surface area contributed by atoms with Gasteiger partial charge in [-0.1, -0.05) is 39.3 Å². The van der Waals surface area contributed by atoms with E-state index in [4.69, 9.17) is 14.6 Å². The van der Waals surface area contributed by atoms with Gasteiger partial charge in [-0.05, 0) is 31.4 Å². The molecule has 0 aromatic heterocycles. The summed E-state index contributed by atoms with van der Waals surface area (Å²) in [5.74, 6) is 0. The van der Waals surface area contributed by atoms with Crippen LogP contribution in [-0.2, 0) is 8.85 Å². The first-order valence-corrected chi connectivity index (χ1v) is 22.2. The molecule has 0 fully saturated rings. The van der Waals surface area contributed by atoms with Crippen LogP contribution in [0.5, 0.6) is 0 Å². The Bertz CT molecular complexity index is 343. The molecule has 0 rings (SSSR count). The highest BCUT2D eigenvalue weighted by molar-refractivity contribution is 6.92. The van der Waals surface area contributed by atoms with Crippen LogP contribution in [0.2, 0.25) is 70.6 Å². The van der Waals surface area contributed by atoms with E-state index in [2.05, 4.69) is 64.2 Å². The van der Waals surface area contributed by atoms with Crippen LogP contribution in [0.25, 0.3) is 0 Å². The summed E-state index contributed by atoms with van der Waals surface area (Å²) in [7, 11) is -5.57. The summed E-state index contributed by atoms with van der Waals surface area (Å²) in [4.78, 5) is 0. The van der Waals surface area contributed by atoms with Gasteiger partial charge in [-0.2, -0.15) is 0 Å². The summed E-state index contributed by atoms with van der Waals surface area (Å²) < 4.78 is 12.8. The van der Waals surface area contributed by atoms with Gasteiger partial charge >= 0.3 is 0 Å². The molecule has 1 unspecified atom stereocenters. The molecule has 0 aromatic rings. The predicted molar refractivity (Wildman–Crippen MR) is 114 cm³/mol. The maximum absolute atomic E-state index is 6.44. The van der Waals surface area contributed by atoms with E-state index >= 15 is 0 Å². The lowest BCUT2D eigenvalue weighted by molar-refractivity contribution is 0.305. The summed E-state index contributed by atoms with van der Waals surface area (Å²) in [6.45, 7) is 22.8. The van der Waals surface area contributed by atoms with E-state index in [9.17, 15) is 0 Å². The Balaban J connectivity index is 4.54. The van der Waals surface area contributed by atoms with Crippen molar-refractivity contribution < 1.29 is 8.85 Å². The zero-order chi connectivity index (χ0) is 18.4. The van der Waals surface area contributed by atoms with Crippen molar-refractivity contribution in [1.82, 2.24) is 5.32 Å². The molecule has 0 aliphatic rings. The Morgan fingerprint density at radius 2 is 1.39 bits per heavy atom. The van der Waals surface area contributed by atoms with Crippen molar-refractivity contribution in [3.8, 4) is 0 Å². The number of rotatable bonds is 12. The summed E-state index contributed by atoms with van der Waals surface area (Å²) in [6.07, 6.45) is 1.87. The minimum absolute atomic E-state index is 0.523. The quantitative estimate of drug-likeness (QED) is 0.392. The first kappa shape index (κ1) is 23.7. The molecule has 0 radical (unpaired) electrons. The number of hydrogen-bond acceptors (Lipinski definition) is 4. The van der Waals surface area contributed by atoms with Crippen LogP contribution in [0.15, 0.2) is 0 Å². The Hall–Kier alpha value is 0.708. The van der Waals surface area contributed by atoms with Gasteiger partial charge in [0.05, 0.1) is 8.07 Å². The van der Waals surface area contributed by atoms with Gasteiger partial charge in [0, 0.05) is 33.7 Å². The SMILES string of the molecule is C[Si](C)(C)CO[Si](C)(CCO[Si](C)(C)C[Si](C)(C)C)CNCN. The topological polar surface area (TPSA) is 56.5 Å². The van der Waals surface area contributed by atoms with E-state index in [0.717, 1.165) is 25.0 Å². The molecule has 8 heteroatoms. The van der Waals surface area contributed by atoms with Crippen LogP contribution in [0, 0.1) is 0 Å². The lowest BCUT2D eigenvalue weighted by atomic mass is 10.9. The van der Waals surface area contributed by atoms with Crippen LogP contribution in [0.3, 0.4) is 0 Å². The first-order chi connectivity index (χ1) is 10.2. The van der Waals surface area contributed by atoms with Crippen LogP contribution in [0.1, 0.15) is 0 Å². The fraction of sp³-hybridized carbons (Fsp3) is 1.00. The van der Waals surface area contributed by atoms with Crippen molar-refractivity contribution in [2.75, 3.05) is 25.7 Å². The van der Waals surface area contributed by atoms with E-state index in [1.807, 2.05) is 0 Å². The van der Waals surface area contributed by atoms with Gasteiger partial charge in [0.15, 0.2) is 8.32 Å². The van der Waals surface area contributed by atoms with Gasteiger partial charge in [-0.15, -0.1) is 0 Å². The molecule has 0 saturated carbocycles. The minimum Gasteiger partial charge on any atom is -0.419 e. The molecule has 23 heavy (non-hydrogen) atoms. The maximum Gasteiger partial charge on any atom is 0.204 e. The smallest absolute Gasteiger partial charge is 0.204 e. The van der Waals surface area contributed by atoms with Gasteiger partial charge in [0.2, 0.25) is 8.32 Å². The van der Waals surface area contributed by atoms with Gasteiger partial charge < -0.3 is 19.9 Å². The van der Waals surface area contributed by atoms with Gasteiger partial charge in [0.1, 0.15) is 0 Å². The molecule has 140 valence electrons. The average molecular weight is 395 g/mol. The third-order valence-corrected chi connectivity index (χ3v) is 16.6. The zero-order valence-electron chi connectivity index (χ0n) is 17.1. The summed E-state index contributed by atoms with van der Waals surface area (Å²) in [6, 6.07) is 1.06. The zero-order valence-corrected chi connectivity index (χ0v) is 21.1. The lowest BCUT2D eigenvalue weighted by Gasteiger charge is -2.33. The minimum atomic E-state index is -1.79. The molecule has 3 N–H and O–H groups in total.